The summed E-state index contributed by atoms with van der Waals surface area (Å²) in [6.45, 7) is 11.8. The summed E-state index contributed by atoms with van der Waals surface area (Å²) in [4.78, 5) is 14.2. The van der Waals surface area contributed by atoms with E-state index in [9.17, 15) is 4.79 Å². The predicted molar refractivity (Wildman–Crippen MR) is 73.3 cm³/mol. The van der Waals surface area contributed by atoms with Gasteiger partial charge in [0.1, 0.15) is 0 Å². The van der Waals surface area contributed by atoms with Crippen LogP contribution in [-0.4, -0.2) is 42.3 Å². The van der Waals surface area contributed by atoms with E-state index in [0.29, 0.717) is 19.1 Å². The molecule has 1 saturated heterocycles. The standard InChI is InChI=1S/C14H28N2O2/c1-6-13-15-12(9-10(2)3)14(17)16(13)7-8-18-11(4)5/h10-13,15H,6-9H2,1-5H3. The van der Waals surface area contributed by atoms with E-state index >= 15 is 0 Å². The average molecular weight is 256 g/mol. The molecular weight excluding hydrogens is 228 g/mol. The fourth-order valence-corrected chi connectivity index (χ4v) is 2.38. The molecule has 0 radical (unpaired) electrons. The van der Waals surface area contributed by atoms with Crippen LogP contribution in [0.5, 0.6) is 0 Å². The molecular formula is C14H28N2O2. The number of carbonyl (C=O) groups excluding carboxylic acids is 1. The molecule has 1 aliphatic heterocycles. The van der Waals surface area contributed by atoms with E-state index in [1.807, 2.05) is 18.7 Å². The minimum Gasteiger partial charge on any atom is -0.377 e. The van der Waals surface area contributed by atoms with Crippen LogP contribution in [-0.2, 0) is 9.53 Å². The molecule has 0 saturated carbocycles. The Balaban J connectivity index is 2.51. The van der Waals surface area contributed by atoms with Crippen molar-refractivity contribution < 1.29 is 9.53 Å². The summed E-state index contributed by atoms with van der Waals surface area (Å²) in [5, 5.41) is 3.43. The zero-order valence-corrected chi connectivity index (χ0v) is 12.4. The first-order valence-corrected chi connectivity index (χ1v) is 7.13. The van der Waals surface area contributed by atoms with Gasteiger partial charge < -0.3 is 9.64 Å². The van der Waals surface area contributed by atoms with Crippen LogP contribution < -0.4 is 5.32 Å². The normalized spacial score (nSPS) is 24.6. The Morgan fingerprint density at radius 1 is 1.33 bits per heavy atom. The zero-order chi connectivity index (χ0) is 13.7. The lowest BCUT2D eigenvalue weighted by Gasteiger charge is -2.23. The number of nitrogens with one attached hydrogen (secondary N) is 1. The van der Waals surface area contributed by atoms with E-state index in [1.165, 1.54) is 0 Å². The van der Waals surface area contributed by atoms with E-state index in [1.54, 1.807) is 0 Å². The third kappa shape index (κ3) is 4.25. The summed E-state index contributed by atoms with van der Waals surface area (Å²) in [5.74, 6) is 0.777. The molecule has 2 unspecified atom stereocenters. The first kappa shape index (κ1) is 15.4. The largest absolute Gasteiger partial charge is 0.377 e. The fraction of sp³-hybridized carbons (Fsp3) is 0.929. The van der Waals surface area contributed by atoms with Gasteiger partial charge in [0.25, 0.3) is 0 Å². The Hall–Kier alpha value is -0.610. The summed E-state index contributed by atoms with van der Waals surface area (Å²) >= 11 is 0. The van der Waals surface area contributed by atoms with Crippen molar-refractivity contribution in [1.29, 1.82) is 0 Å². The van der Waals surface area contributed by atoms with Gasteiger partial charge in [-0.3, -0.25) is 10.1 Å². The van der Waals surface area contributed by atoms with Crippen LogP contribution in [0.1, 0.15) is 47.5 Å². The number of nitrogens with zero attached hydrogens (tertiary/aromatic N) is 1. The van der Waals surface area contributed by atoms with Crippen molar-refractivity contribution >= 4 is 5.91 Å². The maximum atomic E-state index is 12.3. The Morgan fingerprint density at radius 2 is 2.00 bits per heavy atom. The minimum absolute atomic E-state index is 0.00556. The van der Waals surface area contributed by atoms with Gasteiger partial charge in [-0.05, 0) is 32.6 Å². The number of rotatable bonds is 7. The van der Waals surface area contributed by atoms with Crippen LogP contribution in [0, 0.1) is 5.92 Å². The topological polar surface area (TPSA) is 41.6 Å². The summed E-state index contributed by atoms with van der Waals surface area (Å²) in [6, 6.07) is -0.00556. The van der Waals surface area contributed by atoms with Crippen LogP contribution in [0.2, 0.25) is 0 Å². The van der Waals surface area contributed by atoms with Gasteiger partial charge in [0, 0.05) is 6.54 Å². The molecule has 0 spiro atoms. The number of ether oxygens (including phenoxy) is 1. The molecule has 106 valence electrons. The van der Waals surface area contributed by atoms with Crippen molar-refractivity contribution in [3.63, 3.8) is 0 Å². The SMILES string of the molecule is CCC1NC(CC(C)C)C(=O)N1CCOC(C)C. The highest BCUT2D eigenvalue weighted by Gasteiger charge is 2.37. The quantitative estimate of drug-likeness (QED) is 0.757. The van der Waals surface area contributed by atoms with Crippen LogP contribution in [0.4, 0.5) is 0 Å². The molecule has 1 fully saturated rings. The monoisotopic (exact) mass is 256 g/mol. The Kier molecular flexibility index (Phi) is 6.09. The van der Waals surface area contributed by atoms with E-state index in [4.69, 9.17) is 4.74 Å². The first-order valence-electron chi connectivity index (χ1n) is 7.13. The summed E-state index contributed by atoms with van der Waals surface area (Å²) in [5.41, 5.74) is 0. The predicted octanol–water partition coefficient (Wildman–Crippen LogP) is 1.99. The lowest BCUT2D eigenvalue weighted by molar-refractivity contribution is -0.131. The van der Waals surface area contributed by atoms with Crippen molar-refractivity contribution in [3.8, 4) is 0 Å². The van der Waals surface area contributed by atoms with Gasteiger partial charge >= 0.3 is 0 Å². The second-order valence-corrected chi connectivity index (χ2v) is 5.72. The summed E-state index contributed by atoms with van der Waals surface area (Å²) in [7, 11) is 0. The van der Waals surface area contributed by atoms with Crippen LogP contribution >= 0.6 is 0 Å². The van der Waals surface area contributed by atoms with E-state index in [0.717, 1.165) is 12.8 Å². The third-order valence-electron chi connectivity index (χ3n) is 3.23. The molecule has 0 aromatic heterocycles. The second-order valence-electron chi connectivity index (χ2n) is 5.72. The number of hydrogen-bond donors (Lipinski definition) is 1. The lowest BCUT2D eigenvalue weighted by atomic mass is 10.0. The molecule has 0 bridgehead atoms. The molecule has 2 atom stereocenters. The molecule has 18 heavy (non-hydrogen) atoms. The highest BCUT2D eigenvalue weighted by Crippen LogP contribution is 2.18. The Labute approximate surface area is 111 Å². The van der Waals surface area contributed by atoms with Crippen LogP contribution in [0.3, 0.4) is 0 Å². The second kappa shape index (κ2) is 7.10. The minimum atomic E-state index is -0.00556. The fourth-order valence-electron chi connectivity index (χ4n) is 2.38. The molecule has 0 aliphatic carbocycles. The summed E-state index contributed by atoms with van der Waals surface area (Å²) < 4.78 is 5.54. The van der Waals surface area contributed by atoms with E-state index in [-0.39, 0.29) is 24.2 Å². The van der Waals surface area contributed by atoms with Crippen molar-refractivity contribution in [3.05, 3.63) is 0 Å². The highest BCUT2D eigenvalue weighted by molar-refractivity contribution is 5.84. The summed E-state index contributed by atoms with van der Waals surface area (Å²) in [6.07, 6.45) is 2.26. The third-order valence-corrected chi connectivity index (χ3v) is 3.23. The molecule has 1 aliphatic rings. The van der Waals surface area contributed by atoms with Gasteiger partial charge in [-0.1, -0.05) is 20.8 Å². The Bertz CT molecular complexity index is 267. The van der Waals surface area contributed by atoms with Crippen molar-refractivity contribution in [2.45, 2.75) is 65.8 Å². The van der Waals surface area contributed by atoms with E-state index < -0.39 is 0 Å². The van der Waals surface area contributed by atoms with Gasteiger partial charge in [0.15, 0.2) is 0 Å². The molecule has 1 rings (SSSR count). The molecule has 1 heterocycles. The molecule has 4 nitrogen and oxygen atoms in total. The van der Waals surface area contributed by atoms with Crippen molar-refractivity contribution in [2.75, 3.05) is 13.2 Å². The van der Waals surface area contributed by atoms with Gasteiger partial charge in [-0.25, -0.2) is 0 Å². The Morgan fingerprint density at radius 3 is 2.50 bits per heavy atom. The molecule has 0 aromatic carbocycles. The van der Waals surface area contributed by atoms with Crippen LogP contribution in [0.15, 0.2) is 0 Å². The maximum absolute atomic E-state index is 12.3. The van der Waals surface area contributed by atoms with Gasteiger partial charge in [0.2, 0.25) is 5.91 Å². The first-order chi connectivity index (χ1) is 8.45. The van der Waals surface area contributed by atoms with E-state index in [2.05, 4.69) is 26.1 Å². The zero-order valence-electron chi connectivity index (χ0n) is 12.4. The lowest BCUT2D eigenvalue weighted by Crippen LogP contribution is -2.39. The molecule has 1 amide bonds. The van der Waals surface area contributed by atoms with Crippen molar-refractivity contribution in [1.82, 2.24) is 10.2 Å². The van der Waals surface area contributed by atoms with Gasteiger partial charge in [-0.15, -0.1) is 0 Å². The molecule has 4 heteroatoms. The number of carbonyl (C=O) groups is 1. The molecule has 1 N–H and O–H groups in total. The smallest absolute Gasteiger partial charge is 0.241 e. The highest BCUT2D eigenvalue weighted by atomic mass is 16.5. The van der Waals surface area contributed by atoms with Crippen LogP contribution in [0.25, 0.3) is 0 Å². The number of hydrogen-bond acceptors (Lipinski definition) is 3. The van der Waals surface area contributed by atoms with Gasteiger partial charge in [-0.2, -0.15) is 0 Å². The average Bonchev–Trinajstić information content (AvgIpc) is 2.56. The maximum Gasteiger partial charge on any atom is 0.241 e. The van der Waals surface area contributed by atoms with Crippen molar-refractivity contribution in [2.24, 2.45) is 5.92 Å². The number of amides is 1. The molecule has 0 aromatic rings. The van der Waals surface area contributed by atoms with Gasteiger partial charge in [0.05, 0.1) is 24.9 Å².